The van der Waals surface area contributed by atoms with Crippen LogP contribution in [0.1, 0.15) is 16.3 Å². The van der Waals surface area contributed by atoms with Crippen molar-refractivity contribution < 1.29 is 31.9 Å². The highest BCUT2D eigenvalue weighted by Gasteiger charge is 2.28. The summed E-state index contributed by atoms with van der Waals surface area (Å²) in [6, 6.07) is 2.52. The van der Waals surface area contributed by atoms with Crippen LogP contribution in [0, 0.1) is 0 Å². The van der Waals surface area contributed by atoms with Gasteiger partial charge < -0.3 is 14.8 Å². The number of aliphatic hydroxyl groups excluding tert-OH is 1. The van der Waals surface area contributed by atoms with Gasteiger partial charge in [0.1, 0.15) is 12.4 Å². The molecule has 0 aliphatic heterocycles. The van der Waals surface area contributed by atoms with Gasteiger partial charge in [-0.15, -0.1) is 0 Å². The number of carbonyl (C=O) groups is 1. The van der Waals surface area contributed by atoms with Crippen LogP contribution in [0.25, 0.3) is 0 Å². The molecule has 19 heavy (non-hydrogen) atoms. The van der Waals surface area contributed by atoms with Crippen LogP contribution in [0.2, 0.25) is 0 Å². The van der Waals surface area contributed by atoms with Crippen molar-refractivity contribution >= 4 is 17.7 Å². The number of amides is 1. The molecule has 0 fully saturated rings. The third-order valence-electron chi connectivity index (χ3n) is 1.98. The first-order chi connectivity index (χ1) is 8.84. The van der Waals surface area contributed by atoms with Gasteiger partial charge in [0.25, 0.3) is 17.6 Å². The van der Waals surface area contributed by atoms with Crippen molar-refractivity contribution in [2.75, 3.05) is 13.2 Å². The van der Waals surface area contributed by atoms with E-state index >= 15 is 0 Å². The number of carbonyl (C=O) groups excluding carboxylic acids is 1. The Morgan fingerprint density at radius 2 is 2.16 bits per heavy atom. The first-order valence-corrected chi connectivity index (χ1v) is 6.14. The zero-order valence-corrected chi connectivity index (χ0v) is 10.4. The Balaban J connectivity index is 2.49. The van der Waals surface area contributed by atoms with Crippen LogP contribution in [0.3, 0.4) is 0 Å². The molecule has 0 atom stereocenters. The van der Waals surface area contributed by atoms with Crippen LogP contribution < -0.4 is 5.32 Å². The topological polar surface area (TPSA) is 62.5 Å². The number of nitrogens with one attached hydrogen (secondary N) is 1. The van der Waals surface area contributed by atoms with Gasteiger partial charge in [-0.1, -0.05) is 11.8 Å². The van der Waals surface area contributed by atoms with Gasteiger partial charge in [0, 0.05) is 0 Å². The van der Waals surface area contributed by atoms with Crippen LogP contribution >= 0.6 is 11.8 Å². The van der Waals surface area contributed by atoms with E-state index in [0.29, 0.717) is 11.8 Å². The Hall–Kier alpha value is -1.22. The molecule has 0 saturated heterocycles. The molecule has 0 bridgehead atoms. The molecule has 108 valence electrons. The van der Waals surface area contributed by atoms with Crippen LogP contribution in [-0.2, 0) is 5.75 Å². The van der Waals surface area contributed by atoms with Crippen molar-refractivity contribution in [2.24, 2.45) is 0 Å². The standard InChI is InChI=1S/C10H11F4NO3S/c11-9(12)19-3-6-1-2-7(18-6)8(17)15-4-10(13,14)5-16/h1-2,9,16H,3-5H2,(H,15,17). The van der Waals surface area contributed by atoms with Crippen LogP contribution in [0.15, 0.2) is 16.5 Å². The smallest absolute Gasteiger partial charge is 0.287 e. The van der Waals surface area contributed by atoms with Gasteiger partial charge in [-0.3, -0.25) is 4.79 Å². The summed E-state index contributed by atoms with van der Waals surface area (Å²) in [6.07, 6.45) is 0. The number of furan rings is 1. The molecule has 9 heteroatoms. The Bertz CT molecular complexity index is 425. The van der Waals surface area contributed by atoms with E-state index in [-0.39, 0.29) is 17.3 Å². The third-order valence-corrected chi connectivity index (χ3v) is 2.68. The van der Waals surface area contributed by atoms with Gasteiger partial charge in [0.15, 0.2) is 5.76 Å². The number of aliphatic hydroxyl groups is 1. The fraction of sp³-hybridized carbons (Fsp3) is 0.500. The lowest BCUT2D eigenvalue weighted by atomic mass is 10.3. The minimum Gasteiger partial charge on any atom is -0.455 e. The molecular formula is C10H11F4NO3S. The van der Waals surface area contributed by atoms with Crippen molar-refractivity contribution in [3.05, 3.63) is 23.7 Å². The Morgan fingerprint density at radius 1 is 1.47 bits per heavy atom. The summed E-state index contributed by atoms with van der Waals surface area (Å²) in [4.78, 5) is 11.4. The lowest BCUT2D eigenvalue weighted by molar-refractivity contribution is -0.0463. The maximum Gasteiger partial charge on any atom is 0.287 e. The van der Waals surface area contributed by atoms with E-state index in [9.17, 15) is 22.4 Å². The molecule has 0 aliphatic rings. The van der Waals surface area contributed by atoms with E-state index in [1.54, 1.807) is 0 Å². The zero-order chi connectivity index (χ0) is 14.5. The highest BCUT2D eigenvalue weighted by atomic mass is 32.2. The number of hydrogen-bond acceptors (Lipinski definition) is 4. The predicted octanol–water partition coefficient (Wildman–Crippen LogP) is 2.09. The number of alkyl halides is 4. The van der Waals surface area contributed by atoms with E-state index in [1.807, 2.05) is 5.32 Å². The monoisotopic (exact) mass is 301 g/mol. The number of rotatable bonds is 7. The first kappa shape index (κ1) is 15.8. The highest BCUT2D eigenvalue weighted by Crippen LogP contribution is 2.21. The maximum absolute atomic E-state index is 12.7. The largest absolute Gasteiger partial charge is 0.455 e. The number of hydrogen-bond donors (Lipinski definition) is 2. The summed E-state index contributed by atoms with van der Waals surface area (Å²) in [5.74, 6) is -7.12. The van der Waals surface area contributed by atoms with Crippen LogP contribution in [0.5, 0.6) is 0 Å². The second-order valence-electron chi connectivity index (χ2n) is 3.53. The van der Waals surface area contributed by atoms with E-state index in [4.69, 9.17) is 9.52 Å². The predicted molar refractivity (Wildman–Crippen MR) is 60.4 cm³/mol. The number of halogens is 4. The summed E-state index contributed by atoms with van der Waals surface area (Å²) < 4.78 is 54.1. The average molecular weight is 301 g/mol. The molecular weight excluding hydrogens is 290 g/mol. The zero-order valence-electron chi connectivity index (χ0n) is 9.54. The molecule has 0 aliphatic carbocycles. The number of thioether (sulfide) groups is 1. The fourth-order valence-electron chi connectivity index (χ4n) is 1.08. The first-order valence-electron chi connectivity index (χ1n) is 5.09. The van der Waals surface area contributed by atoms with Gasteiger partial charge in [0.2, 0.25) is 0 Å². The SMILES string of the molecule is O=C(NCC(F)(F)CO)c1ccc(CSC(F)F)o1. The molecule has 1 rings (SSSR count). The molecule has 0 saturated carbocycles. The lowest BCUT2D eigenvalue weighted by Crippen LogP contribution is -2.38. The van der Waals surface area contributed by atoms with E-state index in [0.717, 1.165) is 0 Å². The summed E-state index contributed by atoms with van der Waals surface area (Å²) in [5.41, 5.74) is 0. The van der Waals surface area contributed by atoms with E-state index in [2.05, 4.69) is 0 Å². The van der Waals surface area contributed by atoms with Crippen LogP contribution in [0.4, 0.5) is 17.6 Å². The summed E-state index contributed by atoms with van der Waals surface area (Å²) >= 11 is 0.319. The lowest BCUT2D eigenvalue weighted by Gasteiger charge is -2.12. The molecule has 0 spiro atoms. The molecule has 1 amide bonds. The minimum atomic E-state index is -3.42. The summed E-state index contributed by atoms with van der Waals surface area (Å²) in [6.45, 7) is -2.42. The summed E-state index contributed by atoms with van der Waals surface area (Å²) in [7, 11) is 0. The van der Waals surface area contributed by atoms with E-state index < -0.39 is 30.7 Å². The summed E-state index contributed by atoms with van der Waals surface area (Å²) in [5, 5.41) is 10.2. The van der Waals surface area contributed by atoms with Crippen molar-refractivity contribution in [3.8, 4) is 0 Å². The molecule has 0 aromatic carbocycles. The van der Waals surface area contributed by atoms with Crippen molar-refractivity contribution in [2.45, 2.75) is 17.4 Å². The second kappa shape index (κ2) is 6.80. The highest BCUT2D eigenvalue weighted by molar-refractivity contribution is 7.98. The quantitative estimate of drug-likeness (QED) is 0.757. The van der Waals surface area contributed by atoms with Gasteiger partial charge in [-0.25, -0.2) is 8.78 Å². The molecule has 0 unspecified atom stereocenters. The molecule has 2 N–H and O–H groups in total. The Morgan fingerprint density at radius 3 is 2.74 bits per heavy atom. The second-order valence-corrected chi connectivity index (χ2v) is 4.51. The molecule has 1 heterocycles. The van der Waals surface area contributed by atoms with Crippen molar-refractivity contribution in [3.63, 3.8) is 0 Å². The van der Waals surface area contributed by atoms with Gasteiger partial charge in [0.05, 0.1) is 12.3 Å². The van der Waals surface area contributed by atoms with Crippen molar-refractivity contribution in [1.82, 2.24) is 5.32 Å². The minimum absolute atomic E-state index is 0.127. The van der Waals surface area contributed by atoms with Gasteiger partial charge in [-0.05, 0) is 12.1 Å². The maximum atomic E-state index is 12.7. The molecule has 1 aromatic rings. The normalized spacial score (nSPS) is 11.9. The Labute approximate surface area is 110 Å². The van der Waals surface area contributed by atoms with Crippen molar-refractivity contribution in [1.29, 1.82) is 0 Å². The van der Waals surface area contributed by atoms with E-state index in [1.165, 1.54) is 12.1 Å². The molecule has 0 radical (unpaired) electrons. The average Bonchev–Trinajstić information content (AvgIpc) is 2.82. The van der Waals surface area contributed by atoms with Crippen LogP contribution in [-0.4, -0.2) is 35.8 Å². The van der Waals surface area contributed by atoms with Gasteiger partial charge >= 0.3 is 0 Å². The fourth-order valence-corrected chi connectivity index (χ4v) is 1.52. The molecule has 1 aromatic heterocycles. The van der Waals surface area contributed by atoms with Gasteiger partial charge in [-0.2, -0.15) is 8.78 Å². The third kappa shape index (κ3) is 5.52. The Kier molecular flexibility index (Phi) is 5.67. The molecule has 4 nitrogen and oxygen atoms in total.